The van der Waals surface area contributed by atoms with Gasteiger partial charge in [0.1, 0.15) is 0 Å². The van der Waals surface area contributed by atoms with Crippen LogP contribution < -0.4 is 0 Å². The maximum absolute atomic E-state index is 11.8. The maximum Gasteiger partial charge on any atom is 0.232 e. The number of ether oxygens (including phenoxy) is 1. The highest BCUT2D eigenvalue weighted by molar-refractivity contribution is 7.99. The summed E-state index contributed by atoms with van der Waals surface area (Å²) in [5, 5.41) is 0. The van der Waals surface area contributed by atoms with Gasteiger partial charge in [0.25, 0.3) is 0 Å². The molecule has 18 heavy (non-hydrogen) atoms. The summed E-state index contributed by atoms with van der Waals surface area (Å²) >= 11 is 1.58. The number of carbonyl (C=O) groups excluding carboxylic acids is 1. The lowest BCUT2D eigenvalue weighted by Gasteiger charge is -2.33. The monoisotopic (exact) mass is 265 g/mol. The number of morpholine rings is 1. The van der Waals surface area contributed by atoms with Crippen molar-refractivity contribution < 1.29 is 9.53 Å². The lowest BCUT2D eigenvalue weighted by Crippen LogP contribution is -2.47. The molecule has 1 heterocycles. The number of carbonyl (C=O) groups is 1. The van der Waals surface area contributed by atoms with E-state index in [1.165, 1.54) is 5.56 Å². The fourth-order valence-corrected chi connectivity index (χ4v) is 2.59. The summed E-state index contributed by atoms with van der Waals surface area (Å²) in [4.78, 5) is 13.8. The van der Waals surface area contributed by atoms with Crippen LogP contribution in [0.2, 0.25) is 0 Å². The molecule has 1 aromatic rings. The number of benzene rings is 1. The lowest BCUT2D eigenvalue weighted by atomic mass is 10.1. The average Bonchev–Trinajstić information content (AvgIpc) is 2.40. The molecular weight excluding hydrogens is 246 g/mol. The molecule has 98 valence electrons. The Balaban J connectivity index is 1.89. The molecule has 1 fully saturated rings. The van der Waals surface area contributed by atoms with Crippen molar-refractivity contribution >= 4 is 17.7 Å². The van der Waals surface area contributed by atoms with Crippen molar-refractivity contribution in [3.8, 4) is 0 Å². The summed E-state index contributed by atoms with van der Waals surface area (Å²) in [6, 6.07) is 10.3. The lowest BCUT2D eigenvalue weighted by molar-refractivity contribution is -0.135. The minimum atomic E-state index is 0.131. The Hall–Kier alpha value is -1.00. The second-order valence-electron chi connectivity index (χ2n) is 4.46. The van der Waals surface area contributed by atoms with Gasteiger partial charge in [0, 0.05) is 19.5 Å². The number of nitrogens with zero attached hydrogens (tertiary/aromatic N) is 1. The van der Waals surface area contributed by atoms with E-state index in [4.69, 9.17) is 4.74 Å². The van der Waals surface area contributed by atoms with Crippen molar-refractivity contribution in [1.82, 2.24) is 4.90 Å². The Kier molecular flexibility index (Phi) is 5.08. The van der Waals surface area contributed by atoms with Crippen LogP contribution >= 0.6 is 11.8 Å². The van der Waals surface area contributed by atoms with Gasteiger partial charge in [0.15, 0.2) is 0 Å². The van der Waals surface area contributed by atoms with E-state index in [2.05, 4.69) is 12.1 Å². The molecule has 0 unspecified atom stereocenters. The van der Waals surface area contributed by atoms with Crippen molar-refractivity contribution in [2.24, 2.45) is 0 Å². The molecule has 4 heteroatoms. The second-order valence-corrected chi connectivity index (χ2v) is 5.32. The smallest absolute Gasteiger partial charge is 0.232 e. The fraction of sp³-hybridized carbons (Fsp3) is 0.500. The van der Waals surface area contributed by atoms with E-state index >= 15 is 0 Å². The van der Waals surface area contributed by atoms with E-state index in [9.17, 15) is 4.79 Å². The average molecular weight is 265 g/mol. The van der Waals surface area contributed by atoms with Crippen LogP contribution in [0.3, 0.4) is 0 Å². The summed E-state index contributed by atoms with van der Waals surface area (Å²) < 4.78 is 5.74. The molecule has 0 spiro atoms. The Bertz CT molecular complexity index is 383. The molecule has 0 N–H and O–H groups in total. The van der Waals surface area contributed by atoms with Crippen molar-refractivity contribution in [1.29, 1.82) is 0 Å². The Morgan fingerprint density at radius 3 is 2.94 bits per heavy atom. The van der Waals surface area contributed by atoms with E-state index in [0.29, 0.717) is 18.9 Å². The zero-order valence-corrected chi connectivity index (χ0v) is 11.5. The highest BCUT2D eigenvalue weighted by Gasteiger charge is 2.23. The normalized spacial score (nSPS) is 19.8. The van der Waals surface area contributed by atoms with Crippen molar-refractivity contribution in [2.45, 2.75) is 12.5 Å². The summed E-state index contributed by atoms with van der Waals surface area (Å²) in [6.45, 7) is 2.09. The van der Waals surface area contributed by atoms with E-state index in [0.717, 1.165) is 13.0 Å². The summed E-state index contributed by atoms with van der Waals surface area (Å²) in [7, 11) is 0. The van der Waals surface area contributed by atoms with Gasteiger partial charge in [-0.1, -0.05) is 30.3 Å². The number of thioether (sulfide) groups is 1. The van der Waals surface area contributed by atoms with Gasteiger partial charge in [0.2, 0.25) is 5.91 Å². The number of hydrogen-bond acceptors (Lipinski definition) is 3. The minimum absolute atomic E-state index is 0.131. The largest absolute Gasteiger partial charge is 0.374 e. The quantitative estimate of drug-likeness (QED) is 0.831. The van der Waals surface area contributed by atoms with Crippen molar-refractivity contribution in [2.75, 3.05) is 31.7 Å². The first-order chi connectivity index (χ1) is 8.79. The van der Waals surface area contributed by atoms with Crippen molar-refractivity contribution in [3.05, 3.63) is 35.9 Å². The van der Waals surface area contributed by atoms with Gasteiger partial charge < -0.3 is 9.64 Å². The fourth-order valence-electron chi connectivity index (χ4n) is 2.16. The molecule has 1 aliphatic heterocycles. The summed E-state index contributed by atoms with van der Waals surface area (Å²) in [5.74, 6) is 0.793. The summed E-state index contributed by atoms with van der Waals surface area (Å²) in [5.41, 5.74) is 1.27. The van der Waals surface area contributed by atoms with Crippen LogP contribution in [0.5, 0.6) is 0 Å². The maximum atomic E-state index is 11.8. The van der Waals surface area contributed by atoms with Gasteiger partial charge in [-0.25, -0.2) is 0 Å². The first kappa shape index (κ1) is 13.4. The van der Waals surface area contributed by atoms with E-state index in [-0.39, 0.29) is 12.0 Å². The SMILES string of the molecule is CSCC(=O)N1CCO[C@@H](Cc2ccccc2)C1. The van der Waals surface area contributed by atoms with Gasteiger partial charge >= 0.3 is 0 Å². The standard InChI is InChI=1S/C14H19NO2S/c1-18-11-14(16)15-7-8-17-13(10-15)9-12-5-3-2-4-6-12/h2-6,13H,7-11H2,1H3/t13-/m0/s1. The van der Waals surface area contributed by atoms with Gasteiger partial charge in [-0.15, -0.1) is 0 Å². The molecule has 0 bridgehead atoms. The van der Waals surface area contributed by atoms with Crippen LogP contribution in [0, 0.1) is 0 Å². The molecule has 0 saturated carbocycles. The van der Waals surface area contributed by atoms with Crippen molar-refractivity contribution in [3.63, 3.8) is 0 Å². The van der Waals surface area contributed by atoms with Crippen LogP contribution in [0.1, 0.15) is 5.56 Å². The molecule has 2 rings (SSSR count). The van der Waals surface area contributed by atoms with E-state index in [1.54, 1.807) is 11.8 Å². The first-order valence-electron chi connectivity index (χ1n) is 6.22. The highest BCUT2D eigenvalue weighted by atomic mass is 32.2. The van der Waals surface area contributed by atoms with Gasteiger partial charge in [0.05, 0.1) is 18.5 Å². The third kappa shape index (κ3) is 3.75. The zero-order valence-electron chi connectivity index (χ0n) is 10.7. The molecule has 0 radical (unpaired) electrons. The zero-order chi connectivity index (χ0) is 12.8. The van der Waals surface area contributed by atoms with Crippen LogP contribution in [0.15, 0.2) is 30.3 Å². The highest BCUT2D eigenvalue weighted by Crippen LogP contribution is 2.12. The number of rotatable bonds is 4. The molecular formula is C14H19NO2S. The van der Waals surface area contributed by atoms with E-state index in [1.807, 2.05) is 29.4 Å². The van der Waals surface area contributed by atoms with Gasteiger partial charge in [-0.2, -0.15) is 11.8 Å². The van der Waals surface area contributed by atoms with Gasteiger partial charge in [-0.05, 0) is 11.8 Å². The predicted molar refractivity (Wildman–Crippen MR) is 74.8 cm³/mol. The topological polar surface area (TPSA) is 29.5 Å². The molecule has 1 aromatic carbocycles. The third-order valence-corrected chi connectivity index (χ3v) is 3.60. The second kappa shape index (κ2) is 6.81. The molecule has 1 atom stereocenters. The minimum Gasteiger partial charge on any atom is -0.374 e. The number of amides is 1. The molecule has 1 saturated heterocycles. The van der Waals surface area contributed by atoms with Gasteiger partial charge in [-0.3, -0.25) is 4.79 Å². The van der Waals surface area contributed by atoms with E-state index < -0.39 is 0 Å². The molecule has 0 aromatic heterocycles. The van der Waals surface area contributed by atoms with Crippen LogP contribution in [0.4, 0.5) is 0 Å². The molecule has 3 nitrogen and oxygen atoms in total. The van der Waals surface area contributed by atoms with Crippen LogP contribution in [-0.4, -0.2) is 48.6 Å². The first-order valence-corrected chi connectivity index (χ1v) is 7.61. The molecule has 0 aliphatic carbocycles. The Morgan fingerprint density at radius 2 is 2.22 bits per heavy atom. The Labute approximate surface area is 113 Å². The van der Waals surface area contributed by atoms with Crippen LogP contribution in [-0.2, 0) is 16.0 Å². The molecule has 1 aliphatic rings. The third-order valence-electron chi connectivity index (χ3n) is 3.07. The molecule has 1 amide bonds. The van der Waals surface area contributed by atoms with Crippen LogP contribution in [0.25, 0.3) is 0 Å². The summed E-state index contributed by atoms with van der Waals surface area (Å²) in [6.07, 6.45) is 2.97. The number of hydrogen-bond donors (Lipinski definition) is 0. The predicted octanol–water partition coefficient (Wildman–Crippen LogP) is 1.82. The Morgan fingerprint density at radius 1 is 1.44 bits per heavy atom.